The Hall–Kier alpha value is -3.85. The Morgan fingerprint density at radius 2 is 1.86 bits per heavy atom. The summed E-state index contributed by atoms with van der Waals surface area (Å²) in [6.45, 7) is 9.97. The number of nitro groups is 1. The van der Waals surface area contributed by atoms with Crippen molar-refractivity contribution in [2.45, 2.75) is 40.5 Å². The van der Waals surface area contributed by atoms with Crippen LogP contribution in [0.5, 0.6) is 5.75 Å². The average Bonchev–Trinajstić information content (AvgIpc) is 3.40. The highest BCUT2D eigenvalue weighted by atomic mass is 32.2. The van der Waals surface area contributed by atoms with Crippen LogP contribution < -0.4 is 4.74 Å². The molecule has 192 valence electrons. The zero-order valence-electron chi connectivity index (χ0n) is 21.4. The predicted molar refractivity (Wildman–Crippen MR) is 144 cm³/mol. The molecule has 8 nitrogen and oxygen atoms in total. The van der Waals surface area contributed by atoms with Gasteiger partial charge in [-0.05, 0) is 79.4 Å². The molecule has 0 bridgehead atoms. The number of benzene rings is 2. The standard InChI is InChI=1S/C28H28N2O6S/c1-16(2)22-8-6-17(3)12-25(22)35-11-10-29-27(31)26(37-28(29)32)15-21-7-9-24(36-21)20-13-18(4)19(5)23(14-20)30(33)34/h6-9,12-16H,10-11H2,1-5H3/b26-15-. The molecule has 0 atom stereocenters. The zero-order valence-corrected chi connectivity index (χ0v) is 22.2. The van der Waals surface area contributed by atoms with E-state index in [-0.39, 0.29) is 34.9 Å². The fourth-order valence-electron chi connectivity index (χ4n) is 4.07. The maximum Gasteiger partial charge on any atom is 0.293 e. The van der Waals surface area contributed by atoms with Crippen molar-refractivity contribution in [2.75, 3.05) is 13.2 Å². The summed E-state index contributed by atoms with van der Waals surface area (Å²) in [6, 6.07) is 12.7. The third kappa shape index (κ3) is 5.61. The number of imide groups is 1. The van der Waals surface area contributed by atoms with E-state index < -0.39 is 10.8 Å². The largest absolute Gasteiger partial charge is 0.491 e. The van der Waals surface area contributed by atoms with Gasteiger partial charge in [-0.15, -0.1) is 0 Å². The Balaban J connectivity index is 1.46. The Kier molecular flexibility index (Phi) is 7.54. The van der Waals surface area contributed by atoms with Gasteiger partial charge >= 0.3 is 0 Å². The summed E-state index contributed by atoms with van der Waals surface area (Å²) in [5.74, 6) is 1.44. The number of hydrogen-bond donors (Lipinski definition) is 0. The molecule has 1 aromatic heterocycles. The highest BCUT2D eigenvalue weighted by Crippen LogP contribution is 2.35. The molecule has 0 N–H and O–H groups in total. The summed E-state index contributed by atoms with van der Waals surface area (Å²) < 4.78 is 11.8. The topological polar surface area (TPSA) is 103 Å². The molecule has 0 aliphatic carbocycles. The third-order valence-electron chi connectivity index (χ3n) is 6.26. The molecule has 2 amide bonds. The maximum absolute atomic E-state index is 12.9. The normalized spacial score (nSPS) is 14.8. The molecule has 4 rings (SSSR count). The summed E-state index contributed by atoms with van der Waals surface area (Å²) >= 11 is 0.843. The summed E-state index contributed by atoms with van der Waals surface area (Å²) in [4.78, 5) is 37.8. The predicted octanol–water partition coefficient (Wildman–Crippen LogP) is 7.02. The molecule has 1 aliphatic heterocycles. The molecule has 2 aromatic carbocycles. The minimum atomic E-state index is -0.419. The van der Waals surface area contributed by atoms with Crippen LogP contribution in [0.15, 0.2) is 51.8 Å². The van der Waals surface area contributed by atoms with Gasteiger partial charge in [-0.25, -0.2) is 0 Å². The number of furan rings is 1. The van der Waals surface area contributed by atoms with Crippen molar-refractivity contribution >= 4 is 34.7 Å². The minimum Gasteiger partial charge on any atom is -0.491 e. The lowest BCUT2D eigenvalue weighted by Gasteiger charge is -2.17. The van der Waals surface area contributed by atoms with Gasteiger partial charge in [0.1, 0.15) is 23.9 Å². The first-order chi connectivity index (χ1) is 17.5. The molecule has 0 radical (unpaired) electrons. The molecule has 9 heteroatoms. The Morgan fingerprint density at radius 1 is 1.11 bits per heavy atom. The van der Waals surface area contributed by atoms with E-state index >= 15 is 0 Å². The number of aryl methyl sites for hydroxylation is 2. The second-order valence-corrected chi connectivity index (χ2v) is 10.3. The van der Waals surface area contributed by atoms with Crippen LogP contribution in [-0.4, -0.2) is 34.1 Å². The molecule has 2 heterocycles. The molecule has 1 fully saturated rings. The van der Waals surface area contributed by atoms with Crippen molar-refractivity contribution in [3.8, 4) is 17.1 Å². The third-order valence-corrected chi connectivity index (χ3v) is 7.17. The van der Waals surface area contributed by atoms with Crippen LogP contribution in [0.4, 0.5) is 10.5 Å². The van der Waals surface area contributed by atoms with Crippen LogP contribution in [0, 0.1) is 30.9 Å². The highest BCUT2D eigenvalue weighted by molar-refractivity contribution is 8.18. The first-order valence-corrected chi connectivity index (χ1v) is 12.7. The van der Waals surface area contributed by atoms with Crippen LogP contribution in [-0.2, 0) is 4.79 Å². The fraction of sp³-hybridized carbons (Fsp3) is 0.286. The van der Waals surface area contributed by atoms with E-state index in [1.54, 1.807) is 26.0 Å². The van der Waals surface area contributed by atoms with E-state index in [9.17, 15) is 19.7 Å². The molecule has 0 spiro atoms. The monoisotopic (exact) mass is 520 g/mol. The quantitative estimate of drug-likeness (QED) is 0.179. The van der Waals surface area contributed by atoms with Crippen LogP contribution in [0.1, 0.15) is 47.8 Å². The molecule has 0 unspecified atom stereocenters. The number of carbonyl (C=O) groups is 2. The van der Waals surface area contributed by atoms with Crippen molar-refractivity contribution in [1.82, 2.24) is 4.90 Å². The molecule has 3 aromatic rings. The van der Waals surface area contributed by atoms with E-state index in [4.69, 9.17) is 9.15 Å². The lowest BCUT2D eigenvalue weighted by atomic mass is 10.0. The molecular formula is C28H28N2O6S. The molecule has 37 heavy (non-hydrogen) atoms. The van der Waals surface area contributed by atoms with Gasteiger partial charge in [-0.1, -0.05) is 26.0 Å². The van der Waals surface area contributed by atoms with E-state index in [0.29, 0.717) is 22.6 Å². The Labute approximate surface area is 219 Å². The lowest BCUT2D eigenvalue weighted by molar-refractivity contribution is -0.385. The van der Waals surface area contributed by atoms with Gasteiger partial charge in [-0.3, -0.25) is 24.6 Å². The van der Waals surface area contributed by atoms with Gasteiger partial charge in [0.25, 0.3) is 16.8 Å². The van der Waals surface area contributed by atoms with Gasteiger partial charge < -0.3 is 9.15 Å². The van der Waals surface area contributed by atoms with E-state index in [1.165, 1.54) is 12.1 Å². The van der Waals surface area contributed by atoms with Crippen LogP contribution in [0.25, 0.3) is 17.4 Å². The number of amides is 2. The first-order valence-electron chi connectivity index (χ1n) is 11.9. The van der Waals surface area contributed by atoms with Crippen molar-refractivity contribution in [3.63, 3.8) is 0 Å². The summed E-state index contributed by atoms with van der Waals surface area (Å²) in [5.41, 5.74) is 4.10. The highest BCUT2D eigenvalue weighted by Gasteiger charge is 2.35. The average molecular weight is 521 g/mol. The second kappa shape index (κ2) is 10.6. The zero-order chi connectivity index (χ0) is 26.9. The van der Waals surface area contributed by atoms with Crippen LogP contribution >= 0.6 is 11.8 Å². The Bertz CT molecular complexity index is 1420. The van der Waals surface area contributed by atoms with Gasteiger partial charge in [0.2, 0.25) is 0 Å². The summed E-state index contributed by atoms with van der Waals surface area (Å²) in [7, 11) is 0. The molecule has 0 saturated carbocycles. The minimum absolute atomic E-state index is 0.0162. The lowest BCUT2D eigenvalue weighted by Crippen LogP contribution is -2.32. The Morgan fingerprint density at radius 3 is 2.57 bits per heavy atom. The number of rotatable bonds is 8. The number of nitro benzene ring substituents is 1. The number of carbonyl (C=O) groups excluding carboxylic acids is 2. The smallest absolute Gasteiger partial charge is 0.293 e. The van der Waals surface area contributed by atoms with Crippen molar-refractivity contribution in [1.29, 1.82) is 0 Å². The molecule has 1 saturated heterocycles. The molecule has 1 aliphatic rings. The molecular weight excluding hydrogens is 492 g/mol. The van der Waals surface area contributed by atoms with Crippen molar-refractivity contribution < 1.29 is 23.7 Å². The van der Waals surface area contributed by atoms with Crippen molar-refractivity contribution in [2.24, 2.45) is 0 Å². The number of ether oxygens (including phenoxy) is 1. The van der Waals surface area contributed by atoms with Crippen LogP contribution in [0.3, 0.4) is 0 Å². The van der Waals surface area contributed by atoms with Gasteiger partial charge in [-0.2, -0.15) is 0 Å². The summed E-state index contributed by atoms with van der Waals surface area (Å²) in [6.07, 6.45) is 1.52. The number of thioether (sulfide) groups is 1. The number of nitrogens with zero attached hydrogens (tertiary/aromatic N) is 2. The van der Waals surface area contributed by atoms with E-state index in [1.807, 2.05) is 31.2 Å². The van der Waals surface area contributed by atoms with E-state index in [2.05, 4.69) is 13.8 Å². The van der Waals surface area contributed by atoms with Gasteiger partial charge in [0.05, 0.1) is 16.4 Å². The SMILES string of the molecule is Cc1ccc(C(C)C)c(OCCN2C(=O)S/C(=C\c3ccc(-c4cc(C)c(C)c([N+](=O)[O-])c4)o3)C2=O)c1. The van der Waals surface area contributed by atoms with Gasteiger partial charge in [0.15, 0.2) is 0 Å². The summed E-state index contributed by atoms with van der Waals surface area (Å²) in [5, 5.41) is 11.0. The first kappa shape index (κ1) is 26.2. The van der Waals surface area contributed by atoms with E-state index in [0.717, 1.165) is 39.1 Å². The fourth-order valence-corrected chi connectivity index (χ4v) is 4.92. The van der Waals surface area contributed by atoms with Gasteiger partial charge in [0, 0.05) is 23.3 Å². The second-order valence-electron chi connectivity index (χ2n) is 9.27. The maximum atomic E-state index is 12.9. The van der Waals surface area contributed by atoms with Crippen molar-refractivity contribution in [3.05, 3.63) is 85.5 Å². The van der Waals surface area contributed by atoms with Crippen LogP contribution in [0.2, 0.25) is 0 Å². The number of hydrogen-bond acceptors (Lipinski definition) is 7.